The number of nitrogens with one attached hydrogen (secondary N) is 1. The molecule has 1 saturated carbocycles. The van der Waals surface area contributed by atoms with Crippen molar-refractivity contribution in [2.75, 3.05) is 0 Å². The Hall–Kier alpha value is -1.41. The number of hydrogen-bond acceptors (Lipinski definition) is 5. The number of halogens is 1. The Morgan fingerprint density at radius 2 is 1.95 bits per heavy atom. The molecule has 0 amide bonds. The summed E-state index contributed by atoms with van der Waals surface area (Å²) in [6.45, 7) is 0. The Bertz CT molecular complexity index is 697. The molecule has 0 saturated heterocycles. The predicted molar refractivity (Wildman–Crippen MR) is 80.5 cm³/mol. The Kier molecular flexibility index (Phi) is 4.67. The molecule has 0 spiro atoms. The minimum atomic E-state index is -3.59. The average Bonchev–Trinajstić information content (AvgIpc) is 2.90. The summed E-state index contributed by atoms with van der Waals surface area (Å²) in [7, 11) is -3.59. The van der Waals surface area contributed by atoms with Crippen LogP contribution in [0.1, 0.15) is 12.8 Å². The van der Waals surface area contributed by atoms with E-state index >= 15 is 0 Å². The molecule has 0 radical (unpaired) electrons. The van der Waals surface area contributed by atoms with Gasteiger partial charge in [-0.25, -0.2) is 13.1 Å². The molecule has 2 aromatic rings. The minimum absolute atomic E-state index is 0. The predicted octanol–water partition coefficient (Wildman–Crippen LogP) is 1.53. The van der Waals surface area contributed by atoms with Gasteiger partial charge in [0.05, 0.1) is 11.1 Å². The van der Waals surface area contributed by atoms with Crippen molar-refractivity contribution in [1.29, 1.82) is 0 Å². The maximum absolute atomic E-state index is 12.4. The van der Waals surface area contributed by atoms with Gasteiger partial charge >= 0.3 is 0 Å². The summed E-state index contributed by atoms with van der Waals surface area (Å²) in [6.07, 6.45) is 2.82. The van der Waals surface area contributed by atoms with E-state index in [-0.39, 0.29) is 29.4 Å². The largest absolute Gasteiger partial charge is 0.356 e. The summed E-state index contributed by atoms with van der Waals surface area (Å²) >= 11 is 0. The lowest BCUT2D eigenvalue weighted by Crippen LogP contribution is -2.50. The summed E-state index contributed by atoms with van der Waals surface area (Å²) in [5.41, 5.74) is 6.18. The van der Waals surface area contributed by atoms with Crippen LogP contribution in [0.25, 0.3) is 11.3 Å². The second-order valence-electron chi connectivity index (χ2n) is 4.92. The summed E-state index contributed by atoms with van der Waals surface area (Å²) in [5, 5.41) is 3.61. The topological polar surface area (TPSA) is 98.2 Å². The maximum atomic E-state index is 12.4. The zero-order chi connectivity index (χ0) is 14.2. The lowest BCUT2D eigenvalue weighted by atomic mass is 9.89. The highest BCUT2D eigenvalue weighted by Crippen LogP contribution is 2.28. The monoisotopic (exact) mass is 329 g/mol. The molecular formula is C13H16ClN3O3S. The molecule has 1 fully saturated rings. The van der Waals surface area contributed by atoms with E-state index in [1.807, 2.05) is 0 Å². The number of nitrogens with zero attached hydrogens (tertiary/aromatic N) is 1. The number of rotatable bonds is 4. The van der Waals surface area contributed by atoms with E-state index in [9.17, 15) is 8.42 Å². The summed E-state index contributed by atoms with van der Waals surface area (Å²) in [6, 6.07) is 8.33. The quantitative estimate of drug-likeness (QED) is 0.886. The van der Waals surface area contributed by atoms with Crippen LogP contribution in [0.2, 0.25) is 0 Å². The first kappa shape index (κ1) is 16.0. The van der Waals surface area contributed by atoms with Crippen LogP contribution in [0.5, 0.6) is 0 Å². The van der Waals surface area contributed by atoms with Gasteiger partial charge in [0, 0.05) is 23.7 Å². The van der Waals surface area contributed by atoms with Crippen molar-refractivity contribution in [3.63, 3.8) is 0 Å². The summed E-state index contributed by atoms with van der Waals surface area (Å²) < 4.78 is 32.6. The smallest absolute Gasteiger partial charge is 0.241 e. The van der Waals surface area contributed by atoms with E-state index < -0.39 is 10.0 Å². The molecule has 3 rings (SSSR count). The van der Waals surface area contributed by atoms with Crippen LogP contribution >= 0.6 is 12.4 Å². The van der Waals surface area contributed by atoms with E-state index in [2.05, 4.69) is 9.88 Å². The van der Waals surface area contributed by atoms with Crippen LogP contribution in [0.15, 0.2) is 45.9 Å². The number of benzene rings is 1. The third kappa shape index (κ3) is 3.26. The lowest BCUT2D eigenvalue weighted by molar-refractivity contribution is 0.327. The van der Waals surface area contributed by atoms with E-state index in [0.29, 0.717) is 24.2 Å². The Balaban J connectivity index is 0.00000161. The molecule has 8 heteroatoms. The van der Waals surface area contributed by atoms with Gasteiger partial charge in [-0.05, 0) is 25.0 Å². The summed E-state index contributed by atoms with van der Waals surface area (Å²) in [4.78, 5) is 0.192. The van der Waals surface area contributed by atoms with E-state index in [4.69, 9.17) is 10.3 Å². The number of nitrogens with two attached hydrogens (primary N) is 1. The molecular weight excluding hydrogens is 314 g/mol. The number of aromatic nitrogens is 1. The SMILES string of the molecule is Cl.NC1CC(NS(=O)(=O)c2ccccc2-c2ccno2)C1. The van der Waals surface area contributed by atoms with Gasteiger partial charge in [-0.3, -0.25) is 0 Å². The van der Waals surface area contributed by atoms with Crippen molar-refractivity contribution in [2.24, 2.45) is 5.73 Å². The van der Waals surface area contributed by atoms with E-state index in [1.54, 1.807) is 30.3 Å². The zero-order valence-electron chi connectivity index (χ0n) is 11.1. The first-order valence-corrected chi connectivity index (χ1v) is 7.82. The fourth-order valence-electron chi connectivity index (χ4n) is 2.30. The fraction of sp³-hybridized carbons (Fsp3) is 0.308. The molecule has 1 aliphatic rings. The van der Waals surface area contributed by atoms with Crippen LogP contribution in [0.3, 0.4) is 0 Å². The molecule has 0 bridgehead atoms. The third-order valence-electron chi connectivity index (χ3n) is 3.38. The highest BCUT2D eigenvalue weighted by molar-refractivity contribution is 7.89. The number of hydrogen-bond donors (Lipinski definition) is 2. The highest BCUT2D eigenvalue weighted by atomic mass is 35.5. The van der Waals surface area contributed by atoms with Gasteiger partial charge in [0.1, 0.15) is 0 Å². The first-order chi connectivity index (χ1) is 9.56. The van der Waals surface area contributed by atoms with Gasteiger partial charge in [0.25, 0.3) is 0 Å². The van der Waals surface area contributed by atoms with Crippen molar-refractivity contribution in [3.8, 4) is 11.3 Å². The van der Waals surface area contributed by atoms with Gasteiger partial charge in [-0.2, -0.15) is 0 Å². The number of sulfonamides is 1. The Morgan fingerprint density at radius 1 is 1.24 bits per heavy atom. The second kappa shape index (κ2) is 6.15. The van der Waals surface area contributed by atoms with Crippen LogP contribution in [-0.2, 0) is 10.0 Å². The molecule has 0 unspecified atom stereocenters. The van der Waals surface area contributed by atoms with E-state index in [1.165, 1.54) is 6.20 Å². The Labute approximate surface area is 129 Å². The van der Waals surface area contributed by atoms with E-state index in [0.717, 1.165) is 0 Å². The van der Waals surface area contributed by atoms with Crippen LogP contribution in [-0.4, -0.2) is 25.7 Å². The van der Waals surface area contributed by atoms with Gasteiger partial charge in [-0.15, -0.1) is 12.4 Å². The van der Waals surface area contributed by atoms with Gasteiger partial charge in [0.2, 0.25) is 10.0 Å². The van der Waals surface area contributed by atoms with Crippen molar-refractivity contribution >= 4 is 22.4 Å². The molecule has 1 heterocycles. The van der Waals surface area contributed by atoms with Crippen molar-refractivity contribution in [2.45, 2.75) is 29.8 Å². The molecule has 1 aromatic carbocycles. The van der Waals surface area contributed by atoms with Crippen molar-refractivity contribution < 1.29 is 12.9 Å². The first-order valence-electron chi connectivity index (χ1n) is 6.34. The lowest BCUT2D eigenvalue weighted by Gasteiger charge is -2.32. The van der Waals surface area contributed by atoms with Crippen molar-refractivity contribution in [1.82, 2.24) is 9.88 Å². The molecule has 6 nitrogen and oxygen atoms in total. The van der Waals surface area contributed by atoms with Gasteiger partial charge in [-0.1, -0.05) is 17.3 Å². The Morgan fingerprint density at radius 3 is 2.57 bits per heavy atom. The van der Waals surface area contributed by atoms with Gasteiger partial charge in [0.15, 0.2) is 5.76 Å². The molecule has 0 atom stereocenters. The minimum Gasteiger partial charge on any atom is -0.356 e. The summed E-state index contributed by atoms with van der Waals surface area (Å²) in [5.74, 6) is 0.427. The van der Waals surface area contributed by atoms with Crippen LogP contribution in [0, 0.1) is 0 Å². The molecule has 1 aliphatic carbocycles. The zero-order valence-corrected chi connectivity index (χ0v) is 12.7. The molecule has 0 aliphatic heterocycles. The fourth-order valence-corrected chi connectivity index (χ4v) is 3.77. The standard InChI is InChI=1S/C13H15N3O3S.ClH/c14-9-7-10(8-9)16-20(17,18)13-4-2-1-3-11(13)12-5-6-15-19-12;/h1-6,9-10,16H,7-8,14H2;1H. The third-order valence-corrected chi connectivity index (χ3v) is 4.95. The molecule has 114 valence electrons. The average molecular weight is 330 g/mol. The van der Waals surface area contributed by atoms with Gasteiger partial charge < -0.3 is 10.3 Å². The highest BCUT2D eigenvalue weighted by Gasteiger charge is 2.31. The van der Waals surface area contributed by atoms with Crippen molar-refractivity contribution in [3.05, 3.63) is 36.5 Å². The normalized spacial score (nSPS) is 21.4. The van der Waals surface area contributed by atoms with Crippen LogP contribution in [0.4, 0.5) is 0 Å². The molecule has 3 N–H and O–H groups in total. The molecule has 21 heavy (non-hydrogen) atoms. The maximum Gasteiger partial charge on any atom is 0.241 e. The van der Waals surface area contributed by atoms with Crippen LogP contribution < -0.4 is 10.5 Å². The molecule has 1 aromatic heterocycles. The second-order valence-corrected chi connectivity index (χ2v) is 6.60.